The van der Waals surface area contributed by atoms with Crippen molar-refractivity contribution in [1.82, 2.24) is 15.1 Å². The van der Waals surface area contributed by atoms with Gasteiger partial charge < -0.3 is 9.80 Å². The van der Waals surface area contributed by atoms with Crippen LogP contribution in [0, 0.1) is 5.41 Å². The van der Waals surface area contributed by atoms with Crippen LogP contribution in [0.3, 0.4) is 0 Å². The van der Waals surface area contributed by atoms with Gasteiger partial charge >= 0.3 is 0 Å². The zero-order chi connectivity index (χ0) is 15.0. The van der Waals surface area contributed by atoms with Crippen LogP contribution in [0.1, 0.15) is 23.4 Å². The highest BCUT2D eigenvalue weighted by molar-refractivity contribution is 7.15. The van der Waals surface area contributed by atoms with Crippen molar-refractivity contribution >= 4 is 16.5 Å². The van der Waals surface area contributed by atoms with Gasteiger partial charge in [0.15, 0.2) is 0 Å². The monoisotopic (exact) mass is 314 g/mol. The van der Waals surface area contributed by atoms with Crippen molar-refractivity contribution in [1.29, 1.82) is 0 Å². The van der Waals surface area contributed by atoms with E-state index in [0.717, 1.165) is 29.6 Å². The van der Waals surface area contributed by atoms with Crippen LogP contribution in [0.25, 0.3) is 0 Å². The number of nitrogens with zero attached hydrogens (tertiary/aromatic N) is 4. The lowest BCUT2D eigenvalue weighted by molar-refractivity contribution is 0.312. The maximum atomic E-state index is 4.45. The van der Waals surface area contributed by atoms with Gasteiger partial charge in [-0.1, -0.05) is 41.7 Å². The van der Waals surface area contributed by atoms with Crippen LogP contribution in [0.15, 0.2) is 30.3 Å². The lowest BCUT2D eigenvalue weighted by atomic mass is 9.86. The van der Waals surface area contributed by atoms with E-state index >= 15 is 0 Å². The van der Waals surface area contributed by atoms with E-state index in [9.17, 15) is 0 Å². The van der Waals surface area contributed by atoms with Gasteiger partial charge in [-0.05, 0) is 32.0 Å². The number of benzene rings is 1. The molecule has 2 saturated heterocycles. The average molecular weight is 314 g/mol. The first-order valence-electron chi connectivity index (χ1n) is 8.02. The highest BCUT2D eigenvalue weighted by atomic mass is 32.1. The first-order chi connectivity index (χ1) is 10.7. The van der Waals surface area contributed by atoms with Gasteiger partial charge in [-0.2, -0.15) is 0 Å². The molecule has 0 aliphatic carbocycles. The highest BCUT2D eigenvalue weighted by Crippen LogP contribution is 2.41. The minimum atomic E-state index is 0.500. The van der Waals surface area contributed by atoms with Crippen molar-refractivity contribution < 1.29 is 0 Å². The Bertz CT molecular complexity index is 641. The summed E-state index contributed by atoms with van der Waals surface area (Å²) in [5, 5.41) is 11.1. The van der Waals surface area contributed by atoms with Crippen LogP contribution in [-0.2, 0) is 6.42 Å². The molecule has 4 rings (SSSR count). The summed E-state index contributed by atoms with van der Waals surface area (Å²) >= 11 is 1.76. The number of hydrogen-bond acceptors (Lipinski definition) is 5. The lowest BCUT2D eigenvalue weighted by Crippen LogP contribution is -2.29. The molecule has 2 fully saturated rings. The molecule has 3 heterocycles. The molecule has 0 saturated carbocycles. The van der Waals surface area contributed by atoms with Crippen molar-refractivity contribution in [3.63, 3.8) is 0 Å². The largest absolute Gasteiger partial charge is 0.346 e. The number of aromatic nitrogens is 2. The molecule has 1 atom stereocenters. The minimum Gasteiger partial charge on any atom is -0.346 e. The average Bonchev–Trinajstić information content (AvgIpc) is 3.22. The van der Waals surface area contributed by atoms with Gasteiger partial charge in [-0.3, -0.25) is 0 Å². The summed E-state index contributed by atoms with van der Waals surface area (Å²) in [7, 11) is 2.24. The predicted molar refractivity (Wildman–Crippen MR) is 90.5 cm³/mol. The van der Waals surface area contributed by atoms with E-state index in [4.69, 9.17) is 0 Å². The molecule has 1 aromatic heterocycles. The second-order valence-electron chi connectivity index (χ2n) is 6.80. The normalized spacial score (nSPS) is 25.4. The van der Waals surface area contributed by atoms with Crippen molar-refractivity contribution in [3.8, 4) is 0 Å². The predicted octanol–water partition coefficient (Wildman–Crippen LogP) is 2.66. The van der Waals surface area contributed by atoms with Crippen LogP contribution >= 0.6 is 11.3 Å². The Balaban J connectivity index is 1.44. The maximum Gasteiger partial charge on any atom is 0.208 e. The Hall–Kier alpha value is -1.46. The highest BCUT2D eigenvalue weighted by Gasteiger charge is 2.43. The van der Waals surface area contributed by atoms with E-state index in [2.05, 4.69) is 57.4 Å². The van der Waals surface area contributed by atoms with Crippen molar-refractivity contribution in [2.75, 3.05) is 38.1 Å². The van der Waals surface area contributed by atoms with Crippen LogP contribution in [0.2, 0.25) is 0 Å². The summed E-state index contributed by atoms with van der Waals surface area (Å²) < 4.78 is 0. The molecule has 2 aliphatic heterocycles. The van der Waals surface area contributed by atoms with Gasteiger partial charge in [0.25, 0.3) is 0 Å². The van der Waals surface area contributed by atoms with E-state index in [1.807, 2.05) is 0 Å². The molecular formula is C17H22N4S. The molecule has 22 heavy (non-hydrogen) atoms. The summed E-state index contributed by atoms with van der Waals surface area (Å²) in [6, 6.07) is 10.5. The number of hydrogen-bond donors (Lipinski definition) is 0. The summed E-state index contributed by atoms with van der Waals surface area (Å²) in [4.78, 5) is 4.91. The minimum absolute atomic E-state index is 0.500. The fraction of sp³-hybridized carbons (Fsp3) is 0.529. The number of likely N-dealkylation sites (tertiary alicyclic amines) is 1. The lowest BCUT2D eigenvalue weighted by Gasteiger charge is -2.23. The summed E-state index contributed by atoms with van der Waals surface area (Å²) in [6.07, 6.45) is 3.51. The van der Waals surface area contributed by atoms with Crippen LogP contribution in [0.5, 0.6) is 0 Å². The Labute approximate surface area is 135 Å². The molecule has 116 valence electrons. The van der Waals surface area contributed by atoms with Gasteiger partial charge in [-0.15, -0.1) is 10.2 Å². The quantitative estimate of drug-likeness (QED) is 0.872. The van der Waals surface area contributed by atoms with Crippen molar-refractivity contribution in [3.05, 3.63) is 40.9 Å². The number of anilines is 1. The third-order valence-electron chi connectivity index (χ3n) is 4.99. The van der Waals surface area contributed by atoms with Gasteiger partial charge in [0.1, 0.15) is 5.01 Å². The molecule has 0 N–H and O–H groups in total. The van der Waals surface area contributed by atoms with Crippen LogP contribution < -0.4 is 4.90 Å². The van der Waals surface area contributed by atoms with Gasteiger partial charge in [-0.25, -0.2) is 0 Å². The second-order valence-corrected chi connectivity index (χ2v) is 7.84. The molecule has 1 unspecified atom stereocenters. The summed E-state index contributed by atoms with van der Waals surface area (Å²) in [5.74, 6) is 0. The molecule has 2 aromatic rings. The summed E-state index contributed by atoms with van der Waals surface area (Å²) in [5.41, 5.74) is 1.81. The Kier molecular flexibility index (Phi) is 3.62. The van der Waals surface area contributed by atoms with E-state index in [-0.39, 0.29) is 0 Å². The third-order valence-corrected chi connectivity index (χ3v) is 5.98. The van der Waals surface area contributed by atoms with Gasteiger partial charge in [0, 0.05) is 31.5 Å². The first-order valence-corrected chi connectivity index (χ1v) is 8.84. The van der Waals surface area contributed by atoms with Gasteiger partial charge in [0.05, 0.1) is 0 Å². The smallest absolute Gasteiger partial charge is 0.208 e. The molecule has 0 radical (unpaired) electrons. The Morgan fingerprint density at radius 2 is 1.91 bits per heavy atom. The van der Waals surface area contributed by atoms with E-state index < -0.39 is 0 Å². The van der Waals surface area contributed by atoms with E-state index in [1.165, 1.54) is 31.5 Å². The molecule has 0 amide bonds. The molecule has 1 aromatic carbocycles. The topological polar surface area (TPSA) is 32.3 Å². The molecule has 5 heteroatoms. The van der Waals surface area contributed by atoms with E-state index in [1.54, 1.807) is 11.3 Å². The Morgan fingerprint density at radius 1 is 1.09 bits per heavy atom. The van der Waals surface area contributed by atoms with Gasteiger partial charge in [0.2, 0.25) is 5.13 Å². The third kappa shape index (κ3) is 2.75. The fourth-order valence-corrected chi connectivity index (χ4v) is 4.70. The molecule has 4 nitrogen and oxygen atoms in total. The summed E-state index contributed by atoms with van der Waals surface area (Å²) in [6.45, 7) is 4.76. The SMILES string of the molecule is CN1CCC2(CCN(c3nnc(Cc4ccccc4)s3)C2)C1. The fourth-order valence-electron chi connectivity index (χ4n) is 3.80. The molecule has 2 aliphatic rings. The van der Waals surface area contributed by atoms with Crippen LogP contribution in [0.4, 0.5) is 5.13 Å². The zero-order valence-electron chi connectivity index (χ0n) is 13.0. The van der Waals surface area contributed by atoms with Crippen LogP contribution in [-0.4, -0.2) is 48.3 Å². The molecule has 1 spiro atoms. The van der Waals surface area contributed by atoms with E-state index in [0.29, 0.717) is 5.41 Å². The zero-order valence-corrected chi connectivity index (χ0v) is 13.9. The number of rotatable bonds is 3. The second kappa shape index (κ2) is 5.63. The first kappa shape index (κ1) is 14.2. The van der Waals surface area contributed by atoms with Crippen molar-refractivity contribution in [2.45, 2.75) is 19.3 Å². The standard InChI is InChI=1S/C17H22N4S/c1-20-9-7-17(12-20)8-10-21(13-17)16-19-18-15(22-16)11-14-5-3-2-4-6-14/h2-6H,7-13H2,1H3. The Morgan fingerprint density at radius 3 is 2.68 bits per heavy atom. The molecule has 0 bridgehead atoms. The molecular weight excluding hydrogens is 292 g/mol. The van der Waals surface area contributed by atoms with Crippen molar-refractivity contribution in [2.24, 2.45) is 5.41 Å². The maximum absolute atomic E-state index is 4.45.